The zero-order chi connectivity index (χ0) is 19.1. The number of rotatable bonds is 3. The van der Waals surface area contributed by atoms with E-state index >= 15 is 0 Å². The van der Waals surface area contributed by atoms with Gasteiger partial charge < -0.3 is 0 Å². The molecular weight excluding hydrogens is 385 g/mol. The van der Waals surface area contributed by atoms with Crippen molar-refractivity contribution < 1.29 is 4.79 Å². The number of carbonyl (C=O) groups excluding carboxylic acids is 1. The predicted molar refractivity (Wildman–Crippen MR) is 107 cm³/mol. The van der Waals surface area contributed by atoms with Gasteiger partial charge in [-0.15, -0.1) is 0 Å². The van der Waals surface area contributed by atoms with Crippen LogP contribution >= 0.6 is 23.2 Å². The third-order valence-electron chi connectivity index (χ3n) is 4.44. The van der Waals surface area contributed by atoms with Crippen molar-refractivity contribution in [3.8, 4) is 22.4 Å². The highest BCUT2D eigenvalue weighted by molar-refractivity contribution is 6.33. The molecule has 2 aromatic heterocycles. The fourth-order valence-electron chi connectivity index (χ4n) is 3.20. The summed E-state index contributed by atoms with van der Waals surface area (Å²) in [6.07, 6.45) is 1.80. The van der Waals surface area contributed by atoms with Crippen molar-refractivity contribution in [2.45, 2.75) is 0 Å². The molecule has 0 aliphatic carbocycles. The smallest absolute Gasteiger partial charge is 0.283 e. The average Bonchev–Trinajstić information content (AvgIpc) is 2.96. The van der Waals surface area contributed by atoms with Crippen LogP contribution in [0.3, 0.4) is 0 Å². The van der Waals surface area contributed by atoms with Crippen molar-refractivity contribution in [3.63, 3.8) is 0 Å². The van der Waals surface area contributed by atoms with Gasteiger partial charge in [-0.1, -0.05) is 53.5 Å². The van der Waals surface area contributed by atoms with Crippen molar-refractivity contribution >= 4 is 35.1 Å². The molecule has 0 aliphatic heterocycles. The summed E-state index contributed by atoms with van der Waals surface area (Å²) in [5, 5.41) is 1.15. The lowest BCUT2D eigenvalue weighted by Crippen LogP contribution is -2.23. The molecule has 0 unspecified atom stereocenters. The number of hydrogen-bond acceptors (Lipinski definition) is 3. The van der Waals surface area contributed by atoms with E-state index in [2.05, 4.69) is 4.98 Å². The summed E-state index contributed by atoms with van der Waals surface area (Å²) in [5.41, 5.74) is 3.02. The van der Waals surface area contributed by atoms with Crippen molar-refractivity contribution in [1.82, 2.24) is 14.2 Å². The van der Waals surface area contributed by atoms with Gasteiger partial charge in [0, 0.05) is 28.9 Å². The number of fused-ring (bicyclic) bond motifs is 1. The number of carbonyl (C=O) groups is 1. The van der Waals surface area contributed by atoms with Crippen LogP contribution in [0.5, 0.6) is 0 Å². The maximum atomic E-state index is 12.8. The van der Waals surface area contributed by atoms with Crippen molar-refractivity contribution in [3.05, 3.63) is 80.7 Å². The highest BCUT2D eigenvalue weighted by Crippen LogP contribution is 2.38. The Kier molecular flexibility index (Phi) is 4.34. The van der Waals surface area contributed by atoms with E-state index in [9.17, 15) is 9.59 Å². The second-order valence-electron chi connectivity index (χ2n) is 6.01. The molecule has 0 spiro atoms. The minimum Gasteiger partial charge on any atom is -0.298 e. The summed E-state index contributed by atoms with van der Waals surface area (Å²) < 4.78 is 3.05. The van der Waals surface area contributed by atoms with Gasteiger partial charge in [-0.25, -0.2) is 4.98 Å². The first-order valence-corrected chi connectivity index (χ1v) is 8.85. The molecule has 2 heterocycles. The topological polar surface area (TPSA) is 56.4 Å². The number of aryl methyl sites for hydroxylation is 1. The van der Waals surface area contributed by atoms with E-state index in [1.807, 2.05) is 30.3 Å². The number of hydrogen-bond donors (Lipinski definition) is 0. The van der Waals surface area contributed by atoms with E-state index in [1.165, 1.54) is 10.7 Å². The summed E-state index contributed by atoms with van der Waals surface area (Å²) >= 11 is 12.5. The molecule has 0 fully saturated rings. The Morgan fingerprint density at radius 1 is 1.04 bits per heavy atom. The Bertz CT molecular complexity index is 1240. The van der Waals surface area contributed by atoms with Gasteiger partial charge in [0.1, 0.15) is 0 Å². The molecule has 0 saturated carbocycles. The molecule has 0 atom stereocenters. The van der Waals surface area contributed by atoms with E-state index in [4.69, 9.17) is 23.2 Å². The Labute approximate surface area is 164 Å². The number of benzene rings is 2. The molecule has 7 heteroatoms. The van der Waals surface area contributed by atoms with Crippen molar-refractivity contribution in [1.29, 1.82) is 0 Å². The van der Waals surface area contributed by atoms with Crippen LogP contribution < -0.4 is 5.56 Å². The molecular formula is C20H13Cl2N3O2. The zero-order valence-electron chi connectivity index (χ0n) is 14.2. The molecule has 0 radical (unpaired) electrons. The normalized spacial score (nSPS) is 11.1. The first-order chi connectivity index (χ1) is 13.0. The molecule has 4 rings (SSSR count). The van der Waals surface area contributed by atoms with Gasteiger partial charge in [0.2, 0.25) is 0 Å². The fourth-order valence-corrected chi connectivity index (χ4v) is 3.55. The van der Waals surface area contributed by atoms with Gasteiger partial charge in [0.25, 0.3) is 5.56 Å². The number of halogens is 2. The first-order valence-electron chi connectivity index (χ1n) is 8.09. The molecule has 27 heavy (non-hydrogen) atoms. The van der Waals surface area contributed by atoms with Gasteiger partial charge in [0.05, 0.1) is 16.8 Å². The second-order valence-corrected chi connectivity index (χ2v) is 6.85. The summed E-state index contributed by atoms with van der Waals surface area (Å²) in [7, 11) is 1.74. The Morgan fingerprint density at radius 3 is 2.41 bits per heavy atom. The molecule has 4 aromatic rings. The molecule has 134 valence electrons. The average molecular weight is 398 g/mol. The minimum absolute atomic E-state index is 0.0125. The van der Waals surface area contributed by atoms with Crippen LogP contribution in [0.4, 0.5) is 0 Å². The third kappa shape index (κ3) is 2.76. The maximum absolute atomic E-state index is 12.8. The van der Waals surface area contributed by atoms with Crippen molar-refractivity contribution in [2.75, 3.05) is 0 Å². The molecule has 2 aromatic carbocycles. The monoisotopic (exact) mass is 397 g/mol. The summed E-state index contributed by atoms with van der Waals surface area (Å²) in [6.45, 7) is 0. The standard InChI is InChI=1S/C20H13Cl2N3O2/c1-24-18(15-4-2-3-5-16(15)22)17(12-6-8-14(21)9-7-12)19-23-10-13(11-26)20(27)25(19)24/h2-11H,1H3. The van der Waals surface area contributed by atoms with Gasteiger partial charge in [-0.05, 0) is 23.8 Å². The Hall–Kier alpha value is -2.89. The van der Waals surface area contributed by atoms with Gasteiger partial charge in [-0.3, -0.25) is 14.3 Å². The number of aromatic nitrogens is 3. The van der Waals surface area contributed by atoms with Gasteiger partial charge in [-0.2, -0.15) is 4.52 Å². The van der Waals surface area contributed by atoms with Crippen LogP contribution in [0.15, 0.2) is 59.5 Å². The maximum Gasteiger partial charge on any atom is 0.283 e. The van der Waals surface area contributed by atoms with Crippen LogP contribution in [0.25, 0.3) is 28.0 Å². The molecule has 0 aliphatic rings. The SMILES string of the molecule is Cn1c(-c2ccccc2Cl)c(-c2ccc(Cl)cc2)c2ncc(C=O)c(=O)n21. The molecule has 0 amide bonds. The van der Waals surface area contributed by atoms with Gasteiger partial charge in [0.15, 0.2) is 11.9 Å². The van der Waals surface area contributed by atoms with E-state index in [-0.39, 0.29) is 5.56 Å². The van der Waals surface area contributed by atoms with Crippen LogP contribution in [-0.4, -0.2) is 20.5 Å². The van der Waals surface area contributed by atoms with Crippen LogP contribution in [-0.2, 0) is 7.05 Å². The van der Waals surface area contributed by atoms with Crippen LogP contribution in [0, 0.1) is 0 Å². The third-order valence-corrected chi connectivity index (χ3v) is 5.02. The fraction of sp³-hybridized carbons (Fsp3) is 0.0500. The lowest BCUT2D eigenvalue weighted by molar-refractivity contribution is 0.112. The van der Waals surface area contributed by atoms with E-state index in [0.29, 0.717) is 22.0 Å². The quantitative estimate of drug-likeness (QED) is 0.478. The lowest BCUT2D eigenvalue weighted by atomic mass is 10.0. The number of nitrogens with zero attached hydrogens (tertiary/aromatic N) is 3. The zero-order valence-corrected chi connectivity index (χ0v) is 15.7. The highest BCUT2D eigenvalue weighted by Gasteiger charge is 2.22. The number of aldehydes is 1. The van der Waals surface area contributed by atoms with E-state index < -0.39 is 5.56 Å². The van der Waals surface area contributed by atoms with Crippen LogP contribution in [0.1, 0.15) is 10.4 Å². The molecule has 5 nitrogen and oxygen atoms in total. The molecule has 0 bridgehead atoms. The summed E-state index contributed by atoms with van der Waals surface area (Å²) in [5.74, 6) is 0. The molecule has 0 saturated heterocycles. The van der Waals surface area contributed by atoms with Crippen molar-refractivity contribution in [2.24, 2.45) is 7.05 Å². The summed E-state index contributed by atoms with van der Waals surface area (Å²) in [6, 6.07) is 14.6. The lowest BCUT2D eigenvalue weighted by Gasteiger charge is -2.09. The highest BCUT2D eigenvalue weighted by atomic mass is 35.5. The summed E-state index contributed by atoms with van der Waals surface area (Å²) in [4.78, 5) is 28.4. The largest absolute Gasteiger partial charge is 0.298 e. The molecule has 0 N–H and O–H groups in total. The van der Waals surface area contributed by atoms with Gasteiger partial charge >= 0.3 is 0 Å². The first kappa shape index (κ1) is 17.5. The Balaban J connectivity index is 2.20. The van der Waals surface area contributed by atoms with E-state index in [1.54, 1.807) is 29.9 Å². The Morgan fingerprint density at radius 2 is 1.74 bits per heavy atom. The minimum atomic E-state index is -0.439. The second kappa shape index (κ2) is 6.68. The van der Waals surface area contributed by atoms with Crippen LogP contribution in [0.2, 0.25) is 10.0 Å². The van der Waals surface area contributed by atoms with E-state index in [0.717, 1.165) is 22.4 Å². The predicted octanol–water partition coefficient (Wildman–Crippen LogP) is 4.49.